The normalized spacial score (nSPS) is 14.7. The fraction of sp³-hybridized carbons (Fsp3) is 0.167. The molecule has 0 spiro atoms. The molecule has 0 aliphatic carbocycles. The number of carbonyl (C=O) groups is 1. The second-order valence-electron chi connectivity index (χ2n) is 5.17. The van der Waals surface area contributed by atoms with Gasteiger partial charge in [0.2, 0.25) is 0 Å². The zero-order valence-corrected chi connectivity index (χ0v) is 13.5. The SMILES string of the molecule is [B]c1cc(F)cc(F)c1/C(=C/N1C=CC(C(=O)OC)=CC1=C)CC. The number of rotatable bonds is 4. The maximum absolute atomic E-state index is 14.1. The molecule has 0 amide bonds. The van der Waals surface area contributed by atoms with E-state index in [2.05, 4.69) is 11.3 Å². The third kappa shape index (κ3) is 3.64. The van der Waals surface area contributed by atoms with Crippen LogP contribution in [0.4, 0.5) is 8.78 Å². The second kappa shape index (κ2) is 7.30. The summed E-state index contributed by atoms with van der Waals surface area (Å²) in [5.74, 6) is -1.92. The van der Waals surface area contributed by atoms with Crippen LogP contribution in [0.3, 0.4) is 0 Å². The fourth-order valence-corrected chi connectivity index (χ4v) is 2.36. The Balaban J connectivity index is 2.37. The molecule has 3 nitrogen and oxygen atoms in total. The predicted molar refractivity (Wildman–Crippen MR) is 90.2 cm³/mol. The molecular weight excluding hydrogens is 311 g/mol. The fourth-order valence-electron chi connectivity index (χ4n) is 2.36. The summed E-state index contributed by atoms with van der Waals surface area (Å²) in [7, 11) is 7.06. The van der Waals surface area contributed by atoms with Crippen molar-refractivity contribution in [2.45, 2.75) is 13.3 Å². The molecule has 1 aromatic carbocycles. The molecule has 0 unspecified atom stereocenters. The molecule has 0 bridgehead atoms. The van der Waals surface area contributed by atoms with Crippen molar-refractivity contribution in [2.75, 3.05) is 7.11 Å². The number of esters is 1. The third-order valence-electron chi connectivity index (χ3n) is 3.57. The first-order chi connectivity index (χ1) is 11.4. The summed E-state index contributed by atoms with van der Waals surface area (Å²) in [6.45, 7) is 5.70. The minimum Gasteiger partial charge on any atom is -0.465 e. The van der Waals surface area contributed by atoms with Crippen molar-refractivity contribution < 1.29 is 18.3 Å². The molecule has 1 heterocycles. The Labute approximate surface area is 141 Å². The van der Waals surface area contributed by atoms with E-state index in [1.54, 1.807) is 29.5 Å². The Morgan fingerprint density at radius 2 is 2.12 bits per heavy atom. The predicted octanol–water partition coefficient (Wildman–Crippen LogP) is 2.95. The van der Waals surface area contributed by atoms with Crippen LogP contribution in [0, 0.1) is 11.6 Å². The van der Waals surface area contributed by atoms with Crippen LogP contribution in [0.5, 0.6) is 0 Å². The first-order valence-electron chi connectivity index (χ1n) is 7.28. The van der Waals surface area contributed by atoms with Gasteiger partial charge in [0.15, 0.2) is 0 Å². The highest BCUT2D eigenvalue weighted by atomic mass is 19.1. The van der Waals surface area contributed by atoms with E-state index in [-0.39, 0.29) is 11.0 Å². The topological polar surface area (TPSA) is 29.5 Å². The average Bonchev–Trinajstić information content (AvgIpc) is 2.53. The zero-order valence-electron chi connectivity index (χ0n) is 13.5. The van der Waals surface area contributed by atoms with Gasteiger partial charge in [-0.05, 0) is 30.2 Å². The Kier molecular flexibility index (Phi) is 5.39. The third-order valence-corrected chi connectivity index (χ3v) is 3.57. The number of halogens is 2. The summed E-state index contributed by atoms with van der Waals surface area (Å²) in [5.41, 5.74) is 1.62. The van der Waals surface area contributed by atoms with Crippen molar-refractivity contribution in [3.63, 3.8) is 0 Å². The average molecular weight is 327 g/mol. The van der Waals surface area contributed by atoms with E-state index >= 15 is 0 Å². The molecule has 1 aliphatic rings. The molecule has 2 rings (SSSR count). The second-order valence-corrected chi connectivity index (χ2v) is 5.17. The van der Waals surface area contributed by atoms with Crippen LogP contribution >= 0.6 is 0 Å². The molecule has 1 aliphatic heterocycles. The molecule has 0 saturated carbocycles. The Bertz CT molecular complexity index is 758. The van der Waals surface area contributed by atoms with Gasteiger partial charge >= 0.3 is 5.97 Å². The van der Waals surface area contributed by atoms with Gasteiger partial charge in [0.1, 0.15) is 19.5 Å². The molecule has 1 aromatic rings. The lowest BCUT2D eigenvalue weighted by molar-refractivity contribution is -0.135. The number of carbonyl (C=O) groups excluding carboxylic acids is 1. The quantitative estimate of drug-likeness (QED) is 0.629. The van der Waals surface area contributed by atoms with E-state index in [4.69, 9.17) is 7.85 Å². The van der Waals surface area contributed by atoms with Crippen molar-refractivity contribution >= 4 is 24.9 Å². The van der Waals surface area contributed by atoms with Gasteiger partial charge in [-0.15, -0.1) is 0 Å². The summed E-state index contributed by atoms with van der Waals surface area (Å²) in [5, 5.41) is 0. The summed E-state index contributed by atoms with van der Waals surface area (Å²) < 4.78 is 32.0. The van der Waals surface area contributed by atoms with Crippen LogP contribution in [0.15, 0.2) is 54.5 Å². The van der Waals surface area contributed by atoms with Crippen molar-refractivity contribution in [3.05, 3.63) is 71.7 Å². The molecule has 122 valence electrons. The van der Waals surface area contributed by atoms with Crippen molar-refractivity contribution in [2.24, 2.45) is 0 Å². The van der Waals surface area contributed by atoms with Crippen LogP contribution in [0.2, 0.25) is 0 Å². The number of methoxy groups -OCH3 is 1. The number of ether oxygens (including phenoxy) is 1. The van der Waals surface area contributed by atoms with Crippen molar-refractivity contribution in [1.29, 1.82) is 0 Å². The summed E-state index contributed by atoms with van der Waals surface area (Å²) in [6, 6.07) is 1.88. The van der Waals surface area contributed by atoms with E-state index in [0.717, 1.165) is 12.1 Å². The van der Waals surface area contributed by atoms with Crippen LogP contribution in [0.25, 0.3) is 5.57 Å². The lowest BCUT2D eigenvalue weighted by Crippen LogP contribution is -2.17. The highest BCUT2D eigenvalue weighted by Gasteiger charge is 2.16. The van der Waals surface area contributed by atoms with Crippen molar-refractivity contribution in [1.82, 2.24) is 4.90 Å². The van der Waals surface area contributed by atoms with E-state index in [9.17, 15) is 13.6 Å². The number of benzene rings is 1. The van der Waals surface area contributed by atoms with Gasteiger partial charge < -0.3 is 9.64 Å². The molecule has 0 atom stereocenters. The van der Waals surface area contributed by atoms with Crippen LogP contribution in [-0.4, -0.2) is 25.8 Å². The summed E-state index contributed by atoms with van der Waals surface area (Å²) >= 11 is 0. The van der Waals surface area contributed by atoms with Gasteiger partial charge in [-0.1, -0.05) is 19.0 Å². The van der Waals surface area contributed by atoms with E-state index < -0.39 is 17.6 Å². The highest BCUT2D eigenvalue weighted by Crippen LogP contribution is 2.24. The Morgan fingerprint density at radius 1 is 1.42 bits per heavy atom. The van der Waals surface area contributed by atoms with Gasteiger partial charge in [0, 0.05) is 29.7 Å². The van der Waals surface area contributed by atoms with Crippen LogP contribution in [-0.2, 0) is 9.53 Å². The smallest absolute Gasteiger partial charge is 0.337 e. The standard InChI is InChI=1S/C18H16BF2NO2/c1-4-12(17-15(19)8-14(20)9-16(17)21)10-22-6-5-13(7-11(22)2)18(23)24-3/h5-10H,2,4H2,1,3H3/b12-10+. The first kappa shape index (κ1) is 17.7. The van der Waals surface area contributed by atoms with E-state index in [0.29, 0.717) is 23.3 Å². The van der Waals surface area contributed by atoms with Crippen LogP contribution < -0.4 is 5.46 Å². The minimum absolute atomic E-state index is 0.0259. The maximum Gasteiger partial charge on any atom is 0.337 e. The van der Waals surface area contributed by atoms with Crippen LogP contribution in [0.1, 0.15) is 18.9 Å². The first-order valence-corrected chi connectivity index (χ1v) is 7.28. The lowest BCUT2D eigenvalue weighted by Gasteiger charge is -2.22. The zero-order chi connectivity index (χ0) is 17.9. The van der Waals surface area contributed by atoms with Gasteiger partial charge in [0.05, 0.1) is 12.7 Å². The molecule has 0 N–H and O–H groups in total. The number of allylic oxidation sites excluding steroid dienone is 2. The molecule has 0 aromatic heterocycles. The Hall–Kier alpha value is -2.63. The van der Waals surface area contributed by atoms with Gasteiger partial charge in [-0.3, -0.25) is 0 Å². The molecule has 0 fully saturated rings. The number of hydrogen-bond donors (Lipinski definition) is 0. The summed E-state index contributed by atoms with van der Waals surface area (Å²) in [6.07, 6.45) is 6.85. The molecule has 6 heteroatoms. The number of nitrogens with zero attached hydrogens (tertiary/aromatic N) is 1. The minimum atomic E-state index is -0.725. The van der Waals surface area contributed by atoms with Gasteiger partial charge in [-0.25, -0.2) is 13.6 Å². The number of hydrogen-bond acceptors (Lipinski definition) is 3. The lowest BCUT2D eigenvalue weighted by atomic mass is 9.86. The van der Waals surface area contributed by atoms with E-state index in [1.165, 1.54) is 7.11 Å². The summed E-state index contributed by atoms with van der Waals surface area (Å²) in [4.78, 5) is 13.2. The molecular formula is C18H16BF2NO2. The molecule has 0 saturated heterocycles. The van der Waals surface area contributed by atoms with Gasteiger partial charge in [0.25, 0.3) is 0 Å². The van der Waals surface area contributed by atoms with Gasteiger partial charge in [-0.2, -0.15) is 0 Å². The molecule has 2 radical (unpaired) electrons. The van der Waals surface area contributed by atoms with Crippen molar-refractivity contribution in [3.8, 4) is 0 Å². The highest BCUT2D eigenvalue weighted by molar-refractivity contribution is 6.34. The molecule has 24 heavy (non-hydrogen) atoms. The maximum atomic E-state index is 14.1. The van der Waals surface area contributed by atoms with E-state index in [1.807, 2.05) is 6.92 Å². The Morgan fingerprint density at radius 3 is 2.67 bits per heavy atom. The largest absolute Gasteiger partial charge is 0.465 e. The monoisotopic (exact) mass is 327 g/mol.